The fourth-order valence-electron chi connectivity index (χ4n) is 0.957. The Morgan fingerprint density at radius 2 is 2.12 bits per heavy atom. The summed E-state index contributed by atoms with van der Waals surface area (Å²) in [5.41, 5.74) is 1.74. The third-order valence-corrected chi connectivity index (χ3v) is 1.72. The van der Waals surface area contributed by atoms with Gasteiger partial charge >= 0.3 is 12.0 Å². The lowest BCUT2D eigenvalue weighted by Gasteiger charge is -2.16. The Hall–Kier alpha value is -1.76. The standard InChI is InChI=1S/C9H9F3N2O2/c1-5-2-3-6(10)7(4-5)16-9(11,12)8(15)14-13/h2-4H,13H2,1H3,(H,14,15). The molecule has 16 heavy (non-hydrogen) atoms. The second-order valence-corrected chi connectivity index (χ2v) is 3.03. The average molecular weight is 234 g/mol. The molecule has 0 radical (unpaired) electrons. The minimum atomic E-state index is -4.22. The van der Waals surface area contributed by atoms with E-state index in [1.54, 1.807) is 6.92 Å². The SMILES string of the molecule is Cc1ccc(F)c(OC(F)(F)C(=O)NN)c1. The van der Waals surface area contributed by atoms with E-state index in [9.17, 15) is 18.0 Å². The normalized spacial score (nSPS) is 11.1. The molecule has 0 saturated heterocycles. The molecule has 0 atom stereocenters. The van der Waals surface area contributed by atoms with Crippen molar-refractivity contribution in [2.24, 2.45) is 5.84 Å². The van der Waals surface area contributed by atoms with Gasteiger partial charge < -0.3 is 4.74 Å². The van der Waals surface area contributed by atoms with Crippen LogP contribution in [-0.2, 0) is 4.79 Å². The summed E-state index contributed by atoms with van der Waals surface area (Å²) in [7, 11) is 0. The minimum absolute atomic E-state index is 0.514. The molecule has 88 valence electrons. The maximum absolute atomic E-state index is 13.0. The van der Waals surface area contributed by atoms with Gasteiger partial charge in [0, 0.05) is 0 Å². The Bertz CT molecular complexity index is 410. The number of nitrogens with one attached hydrogen (secondary N) is 1. The van der Waals surface area contributed by atoms with Crippen LogP contribution in [0.3, 0.4) is 0 Å². The van der Waals surface area contributed by atoms with Gasteiger partial charge in [0.2, 0.25) is 0 Å². The van der Waals surface area contributed by atoms with Crippen molar-refractivity contribution in [2.75, 3.05) is 0 Å². The molecule has 1 rings (SSSR count). The molecule has 4 nitrogen and oxygen atoms in total. The molecule has 0 bridgehead atoms. The molecule has 7 heteroatoms. The number of alkyl halides is 2. The topological polar surface area (TPSA) is 64.3 Å². The van der Waals surface area contributed by atoms with Gasteiger partial charge in [-0.25, -0.2) is 10.2 Å². The van der Waals surface area contributed by atoms with Gasteiger partial charge in [-0.2, -0.15) is 8.78 Å². The number of rotatable bonds is 3. The van der Waals surface area contributed by atoms with Gasteiger partial charge in [0.25, 0.3) is 0 Å². The summed E-state index contributed by atoms with van der Waals surface area (Å²) in [5.74, 6) is 0.968. The van der Waals surface area contributed by atoms with Crippen molar-refractivity contribution in [1.82, 2.24) is 5.43 Å². The second kappa shape index (κ2) is 4.40. The van der Waals surface area contributed by atoms with Crippen molar-refractivity contribution >= 4 is 5.91 Å². The van der Waals surface area contributed by atoms with E-state index in [0.29, 0.717) is 5.56 Å². The highest BCUT2D eigenvalue weighted by atomic mass is 19.3. The van der Waals surface area contributed by atoms with Crippen molar-refractivity contribution in [3.63, 3.8) is 0 Å². The van der Waals surface area contributed by atoms with Gasteiger partial charge in [-0.3, -0.25) is 10.2 Å². The first-order valence-corrected chi connectivity index (χ1v) is 4.21. The van der Waals surface area contributed by atoms with Crippen LogP contribution in [0.1, 0.15) is 5.56 Å². The van der Waals surface area contributed by atoms with Gasteiger partial charge in [-0.05, 0) is 24.6 Å². The Labute approximate surface area is 89.2 Å². The monoisotopic (exact) mass is 234 g/mol. The lowest BCUT2D eigenvalue weighted by Crippen LogP contribution is -2.47. The Kier molecular flexibility index (Phi) is 3.38. The minimum Gasteiger partial charge on any atom is -0.422 e. The van der Waals surface area contributed by atoms with Crippen LogP contribution < -0.4 is 16.0 Å². The van der Waals surface area contributed by atoms with Crippen LogP contribution in [0, 0.1) is 12.7 Å². The Morgan fingerprint density at radius 3 is 2.69 bits per heavy atom. The first-order chi connectivity index (χ1) is 7.36. The molecule has 3 N–H and O–H groups in total. The van der Waals surface area contributed by atoms with Crippen molar-refractivity contribution in [1.29, 1.82) is 0 Å². The maximum Gasteiger partial charge on any atom is 0.483 e. The summed E-state index contributed by atoms with van der Waals surface area (Å²) in [6, 6.07) is 3.39. The molecular weight excluding hydrogens is 225 g/mol. The highest BCUT2D eigenvalue weighted by molar-refractivity contribution is 5.81. The molecule has 0 aromatic heterocycles. The van der Waals surface area contributed by atoms with Gasteiger partial charge in [-0.15, -0.1) is 0 Å². The number of nitrogens with two attached hydrogens (primary N) is 1. The first kappa shape index (κ1) is 12.3. The number of halogens is 3. The zero-order valence-corrected chi connectivity index (χ0v) is 8.26. The van der Waals surface area contributed by atoms with Crippen LogP contribution in [-0.4, -0.2) is 12.0 Å². The van der Waals surface area contributed by atoms with Crippen LogP contribution in [0.15, 0.2) is 18.2 Å². The fraction of sp³-hybridized carbons (Fsp3) is 0.222. The van der Waals surface area contributed by atoms with Crippen LogP contribution in [0.4, 0.5) is 13.2 Å². The quantitative estimate of drug-likeness (QED) is 0.467. The van der Waals surface area contributed by atoms with E-state index in [1.165, 1.54) is 11.5 Å². The predicted octanol–water partition coefficient (Wildman–Crippen LogP) is 1.10. The van der Waals surface area contributed by atoms with E-state index in [-0.39, 0.29) is 0 Å². The van der Waals surface area contributed by atoms with Gasteiger partial charge in [0.1, 0.15) is 0 Å². The Balaban J connectivity index is 2.95. The second-order valence-electron chi connectivity index (χ2n) is 3.03. The third kappa shape index (κ3) is 2.63. The molecule has 0 saturated carbocycles. The molecule has 0 fully saturated rings. The maximum atomic E-state index is 13.0. The molecule has 0 heterocycles. The molecule has 0 aliphatic carbocycles. The largest absolute Gasteiger partial charge is 0.483 e. The zero-order chi connectivity index (χ0) is 12.3. The van der Waals surface area contributed by atoms with Gasteiger partial charge in [-0.1, -0.05) is 6.07 Å². The molecule has 1 amide bonds. The highest BCUT2D eigenvalue weighted by Crippen LogP contribution is 2.25. The number of hydrogen-bond donors (Lipinski definition) is 2. The van der Waals surface area contributed by atoms with Crippen molar-refractivity contribution in [3.05, 3.63) is 29.6 Å². The molecule has 1 aromatic rings. The molecule has 0 spiro atoms. The molecule has 0 aliphatic heterocycles. The van der Waals surface area contributed by atoms with E-state index in [4.69, 9.17) is 0 Å². The summed E-state index contributed by atoms with van der Waals surface area (Å²) in [4.78, 5) is 10.6. The predicted molar refractivity (Wildman–Crippen MR) is 49.0 cm³/mol. The van der Waals surface area contributed by atoms with E-state index >= 15 is 0 Å². The summed E-state index contributed by atoms with van der Waals surface area (Å²) in [6.07, 6.45) is -4.22. The summed E-state index contributed by atoms with van der Waals surface area (Å²) in [5, 5.41) is 0. The van der Waals surface area contributed by atoms with Gasteiger partial charge in [0.05, 0.1) is 0 Å². The average Bonchev–Trinajstić information content (AvgIpc) is 2.22. The number of hydrazine groups is 1. The third-order valence-electron chi connectivity index (χ3n) is 1.72. The number of aryl methyl sites for hydroxylation is 1. The van der Waals surface area contributed by atoms with Crippen LogP contribution >= 0.6 is 0 Å². The zero-order valence-electron chi connectivity index (χ0n) is 8.26. The summed E-state index contributed by atoms with van der Waals surface area (Å²) < 4.78 is 42.9. The number of carbonyl (C=O) groups is 1. The van der Waals surface area contributed by atoms with Crippen LogP contribution in [0.2, 0.25) is 0 Å². The molecule has 0 aliphatic rings. The summed E-state index contributed by atoms with van der Waals surface area (Å²) in [6.45, 7) is 1.56. The van der Waals surface area contributed by atoms with E-state index in [1.807, 2.05) is 0 Å². The van der Waals surface area contributed by atoms with E-state index < -0.39 is 23.6 Å². The highest BCUT2D eigenvalue weighted by Gasteiger charge is 2.42. The van der Waals surface area contributed by atoms with E-state index in [0.717, 1.165) is 12.1 Å². The van der Waals surface area contributed by atoms with Crippen molar-refractivity contribution < 1.29 is 22.7 Å². The van der Waals surface area contributed by atoms with E-state index in [2.05, 4.69) is 10.6 Å². The van der Waals surface area contributed by atoms with Gasteiger partial charge in [0.15, 0.2) is 11.6 Å². The van der Waals surface area contributed by atoms with Crippen molar-refractivity contribution in [2.45, 2.75) is 13.0 Å². The molecule has 0 unspecified atom stereocenters. The van der Waals surface area contributed by atoms with Crippen LogP contribution in [0.5, 0.6) is 5.75 Å². The number of amides is 1. The lowest BCUT2D eigenvalue weighted by molar-refractivity contribution is -0.193. The Morgan fingerprint density at radius 1 is 1.50 bits per heavy atom. The van der Waals surface area contributed by atoms with Crippen LogP contribution in [0.25, 0.3) is 0 Å². The smallest absolute Gasteiger partial charge is 0.422 e. The molecular formula is C9H9F3N2O2. The number of benzene rings is 1. The number of hydrogen-bond acceptors (Lipinski definition) is 3. The summed E-state index contributed by atoms with van der Waals surface area (Å²) >= 11 is 0. The first-order valence-electron chi connectivity index (χ1n) is 4.21. The number of carbonyl (C=O) groups excluding carboxylic acids is 1. The van der Waals surface area contributed by atoms with Crippen molar-refractivity contribution in [3.8, 4) is 5.75 Å². The lowest BCUT2D eigenvalue weighted by atomic mass is 10.2. The number of ether oxygens (including phenoxy) is 1. The fourth-order valence-corrected chi connectivity index (χ4v) is 0.957. The molecule has 1 aromatic carbocycles.